The van der Waals surface area contributed by atoms with E-state index in [4.69, 9.17) is 19.6 Å². The fourth-order valence-corrected chi connectivity index (χ4v) is 1.15. The fraction of sp³-hybridized carbons (Fsp3) is 1.00. The molecular formula is C16H34O4. The predicted octanol–water partition coefficient (Wildman–Crippen LogP) is 4.82. The standard InChI is InChI=1S/C16H34O4/c1-10-15(6,7)19-20-16(8,9)12-11-13(2)17-18-14(3,4)5/h13H,10-12H2,1-9H3. The van der Waals surface area contributed by atoms with E-state index in [9.17, 15) is 0 Å². The van der Waals surface area contributed by atoms with Crippen molar-refractivity contribution in [3.8, 4) is 0 Å². The molecule has 0 bridgehead atoms. The van der Waals surface area contributed by atoms with Gasteiger partial charge in [0.1, 0.15) is 0 Å². The Kier molecular flexibility index (Phi) is 7.67. The number of hydrogen-bond donors (Lipinski definition) is 0. The van der Waals surface area contributed by atoms with Gasteiger partial charge < -0.3 is 0 Å². The summed E-state index contributed by atoms with van der Waals surface area (Å²) < 4.78 is 0. The minimum Gasteiger partial charge on any atom is -0.233 e. The minimum absolute atomic E-state index is 0.0243. The topological polar surface area (TPSA) is 36.9 Å². The van der Waals surface area contributed by atoms with Crippen LogP contribution < -0.4 is 0 Å². The molecule has 20 heavy (non-hydrogen) atoms. The molecule has 0 aromatic heterocycles. The highest BCUT2D eigenvalue weighted by atomic mass is 17.2. The fourth-order valence-electron chi connectivity index (χ4n) is 1.15. The summed E-state index contributed by atoms with van der Waals surface area (Å²) in [4.78, 5) is 21.8. The van der Waals surface area contributed by atoms with E-state index in [2.05, 4.69) is 6.92 Å². The molecule has 0 fully saturated rings. The highest BCUT2D eigenvalue weighted by Crippen LogP contribution is 2.24. The molecule has 0 aromatic rings. The summed E-state index contributed by atoms with van der Waals surface area (Å²) in [6.07, 6.45) is 2.61. The van der Waals surface area contributed by atoms with Gasteiger partial charge in [-0.3, -0.25) is 0 Å². The van der Waals surface area contributed by atoms with Crippen molar-refractivity contribution in [2.45, 2.75) is 104 Å². The first-order valence-corrected chi connectivity index (χ1v) is 7.58. The summed E-state index contributed by atoms with van der Waals surface area (Å²) in [5, 5.41) is 0. The van der Waals surface area contributed by atoms with Crippen molar-refractivity contribution in [3.05, 3.63) is 0 Å². The van der Waals surface area contributed by atoms with Crippen LogP contribution in [-0.2, 0) is 19.6 Å². The van der Waals surface area contributed by atoms with Crippen LogP contribution in [0.2, 0.25) is 0 Å². The van der Waals surface area contributed by atoms with E-state index in [1.165, 1.54) is 0 Å². The first-order chi connectivity index (χ1) is 8.87. The maximum atomic E-state index is 5.58. The molecular weight excluding hydrogens is 256 g/mol. The molecule has 0 N–H and O–H groups in total. The Labute approximate surface area is 125 Å². The van der Waals surface area contributed by atoms with Crippen molar-refractivity contribution < 1.29 is 19.6 Å². The molecule has 1 unspecified atom stereocenters. The molecule has 0 amide bonds. The Hall–Kier alpha value is -0.160. The Morgan fingerprint density at radius 1 is 0.800 bits per heavy atom. The number of hydrogen-bond acceptors (Lipinski definition) is 4. The summed E-state index contributed by atoms with van der Waals surface area (Å²) in [7, 11) is 0. The third-order valence-electron chi connectivity index (χ3n) is 2.96. The Morgan fingerprint density at radius 2 is 1.30 bits per heavy atom. The Balaban J connectivity index is 4.03. The zero-order chi connectivity index (χ0) is 16.0. The second-order valence-electron chi connectivity index (χ2n) is 7.68. The lowest BCUT2D eigenvalue weighted by Gasteiger charge is -2.30. The third-order valence-corrected chi connectivity index (χ3v) is 2.96. The first-order valence-electron chi connectivity index (χ1n) is 7.58. The highest BCUT2D eigenvalue weighted by molar-refractivity contribution is 4.70. The second kappa shape index (κ2) is 7.74. The zero-order valence-corrected chi connectivity index (χ0v) is 14.8. The van der Waals surface area contributed by atoms with Crippen molar-refractivity contribution >= 4 is 0 Å². The van der Waals surface area contributed by atoms with Crippen LogP contribution in [0.25, 0.3) is 0 Å². The van der Waals surface area contributed by atoms with Crippen LogP contribution >= 0.6 is 0 Å². The van der Waals surface area contributed by atoms with Crippen LogP contribution in [0, 0.1) is 0 Å². The van der Waals surface area contributed by atoms with Crippen LogP contribution in [-0.4, -0.2) is 22.9 Å². The summed E-state index contributed by atoms with van der Waals surface area (Å²) in [6.45, 7) is 18.1. The molecule has 0 aliphatic carbocycles. The molecule has 0 saturated carbocycles. The van der Waals surface area contributed by atoms with Crippen LogP contribution in [0.1, 0.15) is 81.6 Å². The van der Waals surface area contributed by atoms with E-state index in [1.54, 1.807) is 0 Å². The van der Waals surface area contributed by atoms with Crippen LogP contribution in [0.3, 0.4) is 0 Å². The van der Waals surface area contributed by atoms with E-state index >= 15 is 0 Å². The van der Waals surface area contributed by atoms with Gasteiger partial charge in [0.15, 0.2) is 0 Å². The average molecular weight is 290 g/mol. The molecule has 0 rings (SSSR count). The molecule has 4 heteroatoms. The maximum absolute atomic E-state index is 5.58. The largest absolute Gasteiger partial charge is 0.233 e. The van der Waals surface area contributed by atoms with Gasteiger partial charge in [0.25, 0.3) is 0 Å². The first kappa shape index (κ1) is 19.8. The molecule has 0 radical (unpaired) electrons. The average Bonchev–Trinajstić information content (AvgIpc) is 2.31. The van der Waals surface area contributed by atoms with Gasteiger partial charge in [0.2, 0.25) is 0 Å². The Morgan fingerprint density at radius 3 is 1.75 bits per heavy atom. The molecule has 122 valence electrons. The minimum atomic E-state index is -0.341. The van der Waals surface area contributed by atoms with Crippen molar-refractivity contribution in [2.24, 2.45) is 0 Å². The molecule has 0 aromatic carbocycles. The molecule has 4 nitrogen and oxygen atoms in total. The van der Waals surface area contributed by atoms with E-state index < -0.39 is 0 Å². The molecule has 0 aliphatic heterocycles. The maximum Gasteiger partial charge on any atom is 0.0981 e. The summed E-state index contributed by atoms with van der Waals surface area (Å²) in [6, 6.07) is 0. The summed E-state index contributed by atoms with van der Waals surface area (Å²) in [5.74, 6) is 0. The number of rotatable bonds is 9. The quantitative estimate of drug-likeness (QED) is 0.451. The normalized spacial score (nSPS) is 15.4. The van der Waals surface area contributed by atoms with Crippen LogP contribution in [0.5, 0.6) is 0 Å². The molecule has 0 spiro atoms. The lowest BCUT2D eigenvalue weighted by molar-refractivity contribution is -0.405. The molecule has 0 aliphatic rings. The Bertz CT molecular complexity index is 266. The van der Waals surface area contributed by atoms with Crippen molar-refractivity contribution in [1.82, 2.24) is 0 Å². The van der Waals surface area contributed by atoms with Crippen LogP contribution in [0.15, 0.2) is 0 Å². The smallest absolute Gasteiger partial charge is 0.0981 e. The van der Waals surface area contributed by atoms with Gasteiger partial charge in [0, 0.05) is 0 Å². The molecule has 0 heterocycles. The monoisotopic (exact) mass is 290 g/mol. The van der Waals surface area contributed by atoms with E-state index in [-0.39, 0.29) is 22.9 Å². The van der Waals surface area contributed by atoms with Gasteiger partial charge in [-0.05, 0) is 74.7 Å². The van der Waals surface area contributed by atoms with Gasteiger partial charge in [-0.2, -0.15) is 0 Å². The van der Waals surface area contributed by atoms with E-state index in [0.717, 1.165) is 19.3 Å². The van der Waals surface area contributed by atoms with Gasteiger partial charge in [-0.1, -0.05) is 6.92 Å². The molecule has 0 saturated heterocycles. The van der Waals surface area contributed by atoms with Gasteiger partial charge in [-0.15, -0.1) is 0 Å². The predicted molar refractivity (Wildman–Crippen MR) is 81.2 cm³/mol. The van der Waals surface area contributed by atoms with Crippen LogP contribution in [0.4, 0.5) is 0 Å². The zero-order valence-electron chi connectivity index (χ0n) is 14.8. The van der Waals surface area contributed by atoms with Gasteiger partial charge in [-0.25, -0.2) is 19.6 Å². The lowest BCUT2D eigenvalue weighted by atomic mass is 10.0. The lowest BCUT2D eigenvalue weighted by Crippen LogP contribution is -2.33. The summed E-state index contributed by atoms with van der Waals surface area (Å²) in [5.41, 5.74) is -0.880. The SMILES string of the molecule is CCC(C)(C)OOC(C)(C)CCC(C)OOC(C)(C)C. The van der Waals surface area contributed by atoms with Crippen molar-refractivity contribution in [1.29, 1.82) is 0 Å². The van der Waals surface area contributed by atoms with Gasteiger partial charge >= 0.3 is 0 Å². The van der Waals surface area contributed by atoms with E-state index in [0.29, 0.717) is 0 Å². The second-order valence-corrected chi connectivity index (χ2v) is 7.68. The van der Waals surface area contributed by atoms with Gasteiger partial charge in [0.05, 0.1) is 22.9 Å². The third kappa shape index (κ3) is 10.6. The van der Waals surface area contributed by atoms with Crippen molar-refractivity contribution in [3.63, 3.8) is 0 Å². The van der Waals surface area contributed by atoms with E-state index in [1.807, 2.05) is 55.4 Å². The van der Waals surface area contributed by atoms with Crippen molar-refractivity contribution in [2.75, 3.05) is 0 Å². The molecule has 1 atom stereocenters. The highest BCUT2D eigenvalue weighted by Gasteiger charge is 2.26. The summed E-state index contributed by atoms with van der Waals surface area (Å²) >= 11 is 0.